The van der Waals surface area contributed by atoms with Crippen LogP contribution in [-0.4, -0.2) is 23.5 Å². The van der Waals surface area contributed by atoms with Crippen molar-refractivity contribution in [2.45, 2.75) is 38.8 Å². The molecule has 120 valence electrons. The van der Waals surface area contributed by atoms with Crippen LogP contribution >= 0.6 is 0 Å². The van der Waals surface area contributed by atoms with Crippen molar-refractivity contribution < 1.29 is 9.53 Å². The van der Waals surface area contributed by atoms with Gasteiger partial charge in [0.1, 0.15) is 5.75 Å². The highest BCUT2D eigenvalue weighted by Gasteiger charge is 2.32. The van der Waals surface area contributed by atoms with Gasteiger partial charge in [-0.1, -0.05) is 42.5 Å². The summed E-state index contributed by atoms with van der Waals surface area (Å²) in [5.41, 5.74) is 2.23. The van der Waals surface area contributed by atoms with Crippen LogP contribution in [0.3, 0.4) is 0 Å². The zero-order valence-electron chi connectivity index (χ0n) is 13.6. The summed E-state index contributed by atoms with van der Waals surface area (Å²) in [7, 11) is 0. The van der Waals surface area contributed by atoms with Crippen molar-refractivity contribution in [1.29, 1.82) is 0 Å². The number of carbonyl (C=O) groups is 1. The first-order chi connectivity index (χ1) is 11.3. The van der Waals surface area contributed by atoms with E-state index in [-0.39, 0.29) is 5.91 Å². The minimum Gasteiger partial charge on any atom is -0.494 e. The molecule has 23 heavy (non-hydrogen) atoms. The van der Waals surface area contributed by atoms with Crippen molar-refractivity contribution in [3.63, 3.8) is 0 Å². The van der Waals surface area contributed by atoms with Crippen LogP contribution in [0, 0.1) is 0 Å². The van der Waals surface area contributed by atoms with E-state index in [0.29, 0.717) is 25.6 Å². The predicted molar refractivity (Wildman–Crippen MR) is 91.3 cm³/mol. The molecule has 3 heteroatoms. The molecule has 0 radical (unpaired) electrons. The van der Waals surface area contributed by atoms with E-state index in [4.69, 9.17) is 4.74 Å². The number of amides is 1. The summed E-state index contributed by atoms with van der Waals surface area (Å²) < 4.78 is 5.45. The fourth-order valence-corrected chi connectivity index (χ4v) is 2.73. The lowest BCUT2D eigenvalue weighted by Crippen LogP contribution is -2.33. The van der Waals surface area contributed by atoms with E-state index in [1.54, 1.807) is 0 Å². The Bertz CT molecular complexity index is 632. The molecule has 2 aromatic rings. The Labute approximate surface area is 137 Å². The lowest BCUT2D eigenvalue weighted by molar-refractivity contribution is -0.131. The zero-order chi connectivity index (χ0) is 16.1. The number of hydrogen-bond donors (Lipinski definition) is 0. The topological polar surface area (TPSA) is 29.5 Å². The normalized spacial score (nSPS) is 13.6. The second-order valence-electron chi connectivity index (χ2n) is 5.99. The molecule has 3 rings (SSSR count). The van der Waals surface area contributed by atoms with E-state index < -0.39 is 0 Å². The first kappa shape index (κ1) is 15.6. The van der Waals surface area contributed by atoms with E-state index in [9.17, 15) is 4.79 Å². The molecule has 0 heterocycles. The fraction of sp³-hybridized carbons (Fsp3) is 0.350. The maximum atomic E-state index is 12.7. The number of benzene rings is 2. The van der Waals surface area contributed by atoms with Crippen molar-refractivity contribution in [2.75, 3.05) is 6.61 Å². The number of nitrogens with zero attached hydrogens (tertiary/aromatic N) is 1. The molecule has 1 fully saturated rings. The van der Waals surface area contributed by atoms with Gasteiger partial charge >= 0.3 is 0 Å². The summed E-state index contributed by atoms with van der Waals surface area (Å²) in [5, 5.41) is 0. The molecule has 0 saturated heterocycles. The first-order valence-corrected chi connectivity index (χ1v) is 8.31. The Balaban J connectivity index is 1.64. The molecule has 0 unspecified atom stereocenters. The zero-order valence-corrected chi connectivity index (χ0v) is 13.6. The molecule has 0 bridgehead atoms. The molecule has 3 nitrogen and oxygen atoms in total. The molecule has 0 aliphatic heterocycles. The summed E-state index contributed by atoms with van der Waals surface area (Å²) >= 11 is 0. The van der Waals surface area contributed by atoms with Crippen LogP contribution in [0.25, 0.3) is 0 Å². The van der Waals surface area contributed by atoms with Gasteiger partial charge < -0.3 is 9.64 Å². The summed E-state index contributed by atoms with van der Waals surface area (Å²) in [6.45, 7) is 3.33. The molecule has 1 amide bonds. The quantitative estimate of drug-likeness (QED) is 0.778. The van der Waals surface area contributed by atoms with Crippen molar-refractivity contribution in [3.8, 4) is 5.75 Å². The van der Waals surface area contributed by atoms with E-state index in [1.807, 2.05) is 54.3 Å². The average molecular weight is 309 g/mol. The Morgan fingerprint density at radius 1 is 1.04 bits per heavy atom. The Morgan fingerprint density at radius 3 is 2.35 bits per heavy atom. The van der Waals surface area contributed by atoms with Gasteiger partial charge in [0, 0.05) is 12.6 Å². The summed E-state index contributed by atoms with van der Waals surface area (Å²) in [5.74, 6) is 1.06. The van der Waals surface area contributed by atoms with Crippen LogP contribution in [0.4, 0.5) is 0 Å². The lowest BCUT2D eigenvalue weighted by atomic mass is 10.1. The highest BCUT2D eigenvalue weighted by atomic mass is 16.5. The average Bonchev–Trinajstić information content (AvgIpc) is 3.40. The van der Waals surface area contributed by atoms with E-state index >= 15 is 0 Å². The van der Waals surface area contributed by atoms with E-state index in [0.717, 1.165) is 24.2 Å². The van der Waals surface area contributed by atoms with Gasteiger partial charge in [-0.05, 0) is 43.0 Å². The summed E-state index contributed by atoms with van der Waals surface area (Å²) in [4.78, 5) is 14.7. The van der Waals surface area contributed by atoms with Gasteiger partial charge in [0.15, 0.2) is 0 Å². The standard InChI is InChI=1S/C20H23NO2/c1-2-23-19-12-8-16(9-13-19)14-20(22)21(18-10-11-18)15-17-6-4-3-5-7-17/h3-9,12-13,18H,2,10-11,14-15H2,1H3. The molecular formula is C20H23NO2. The van der Waals surface area contributed by atoms with Gasteiger partial charge in [-0.2, -0.15) is 0 Å². The number of rotatable bonds is 7. The molecular weight excluding hydrogens is 286 g/mol. The van der Waals surface area contributed by atoms with Crippen molar-refractivity contribution in [1.82, 2.24) is 4.90 Å². The van der Waals surface area contributed by atoms with Crippen LogP contribution in [0.15, 0.2) is 54.6 Å². The molecule has 0 N–H and O–H groups in total. The van der Waals surface area contributed by atoms with Crippen LogP contribution in [-0.2, 0) is 17.8 Å². The second-order valence-corrected chi connectivity index (χ2v) is 5.99. The first-order valence-electron chi connectivity index (χ1n) is 8.31. The predicted octanol–water partition coefficient (Wildman–Crippen LogP) is 3.82. The maximum Gasteiger partial charge on any atom is 0.227 e. The number of ether oxygens (including phenoxy) is 1. The molecule has 1 aliphatic rings. The Hall–Kier alpha value is -2.29. The van der Waals surface area contributed by atoms with Crippen molar-refractivity contribution in [3.05, 3.63) is 65.7 Å². The van der Waals surface area contributed by atoms with Crippen LogP contribution in [0.2, 0.25) is 0 Å². The van der Waals surface area contributed by atoms with Gasteiger partial charge in [0.05, 0.1) is 13.0 Å². The Kier molecular flexibility index (Phi) is 4.96. The monoisotopic (exact) mass is 309 g/mol. The number of carbonyl (C=O) groups excluding carboxylic acids is 1. The molecule has 2 aromatic carbocycles. The van der Waals surface area contributed by atoms with Gasteiger partial charge in [-0.3, -0.25) is 4.79 Å². The number of hydrogen-bond acceptors (Lipinski definition) is 2. The molecule has 0 spiro atoms. The van der Waals surface area contributed by atoms with Gasteiger partial charge in [-0.15, -0.1) is 0 Å². The van der Waals surface area contributed by atoms with Gasteiger partial charge in [0.2, 0.25) is 5.91 Å². The molecule has 0 aromatic heterocycles. The summed E-state index contributed by atoms with van der Waals surface area (Å²) in [6, 6.07) is 18.5. The van der Waals surface area contributed by atoms with Gasteiger partial charge in [0.25, 0.3) is 0 Å². The van der Waals surface area contributed by atoms with Crippen molar-refractivity contribution >= 4 is 5.91 Å². The van der Waals surface area contributed by atoms with Crippen LogP contribution < -0.4 is 4.74 Å². The third kappa shape index (κ3) is 4.35. The second kappa shape index (κ2) is 7.32. The van der Waals surface area contributed by atoms with E-state index in [2.05, 4.69) is 12.1 Å². The van der Waals surface area contributed by atoms with Crippen LogP contribution in [0.1, 0.15) is 30.9 Å². The SMILES string of the molecule is CCOc1ccc(CC(=O)N(Cc2ccccc2)C2CC2)cc1. The van der Waals surface area contributed by atoms with Gasteiger partial charge in [-0.25, -0.2) is 0 Å². The highest BCUT2D eigenvalue weighted by Crippen LogP contribution is 2.29. The summed E-state index contributed by atoms with van der Waals surface area (Å²) in [6.07, 6.45) is 2.71. The lowest BCUT2D eigenvalue weighted by Gasteiger charge is -2.23. The Morgan fingerprint density at radius 2 is 1.74 bits per heavy atom. The minimum absolute atomic E-state index is 0.209. The van der Waals surface area contributed by atoms with Crippen molar-refractivity contribution in [2.24, 2.45) is 0 Å². The third-order valence-corrected chi connectivity index (χ3v) is 4.09. The maximum absolute atomic E-state index is 12.7. The molecule has 1 saturated carbocycles. The third-order valence-electron chi connectivity index (χ3n) is 4.09. The minimum atomic E-state index is 0.209. The van der Waals surface area contributed by atoms with E-state index in [1.165, 1.54) is 5.56 Å². The highest BCUT2D eigenvalue weighted by molar-refractivity contribution is 5.79. The largest absolute Gasteiger partial charge is 0.494 e. The molecule has 1 aliphatic carbocycles. The smallest absolute Gasteiger partial charge is 0.227 e. The fourth-order valence-electron chi connectivity index (χ4n) is 2.73. The van der Waals surface area contributed by atoms with Crippen LogP contribution in [0.5, 0.6) is 5.75 Å². The molecule has 0 atom stereocenters.